The van der Waals surface area contributed by atoms with E-state index in [0.717, 1.165) is 17.0 Å². The van der Waals surface area contributed by atoms with Gasteiger partial charge in [0, 0.05) is 29.7 Å². The van der Waals surface area contributed by atoms with Crippen LogP contribution in [0.3, 0.4) is 0 Å². The molecule has 0 aliphatic rings. The molecule has 0 spiro atoms. The molecule has 0 amide bonds. The summed E-state index contributed by atoms with van der Waals surface area (Å²) in [6.45, 7) is 0.500. The van der Waals surface area contributed by atoms with Gasteiger partial charge in [-0.3, -0.25) is 0 Å². The van der Waals surface area contributed by atoms with Crippen molar-refractivity contribution >= 4 is 28.5 Å². The first-order valence-electron chi connectivity index (χ1n) is 4.81. The van der Waals surface area contributed by atoms with Gasteiger partial charge in [0.2, 0.25) is 0 Å². The lowest BCUT2D eigenvalue weighted by molar-refractivity contribution is -0.131. The molecule has 0 aliphatic carbocycles. The second-order valence-corrected chi connectivity index (χ2v) is 3.79. The first kappa shape index (κ1) is 10.8. The van der Waals surface area contributed by atoms with Crippen molar-refractivity contribution in [1.82, 2.24) is 4.57 Å². The zero-order valence-electron chi connectivity index (χ0n) is 8.43. The van der Waals surface area contributed by atoms with Crippen LogP contribution in [-0.4, -0.2) is 15.6 Å². The summed E-state index contributed by atoms with van der Waals surface area (Å²) in [7, 11) is 0. The molecule has 0 aliphatic heterocycles. The number of rotatable bonds is 3. The standard InChI is InChI=1S/C12H10ClNO2/c13-10-8-14(7-3-6-12(15)16)11-5-2-1-4-9(10)11/h1-6,8H,7H2,(H,15,16). The maximum absolute atomic E-state index is 10.3. The lowest BCUT2D eigenvalue weighted by Gasteiger charge is -1.99. The Labute approximate surface area is 97.6 Å². The summed E-state index contributed by atoms with van der Waals surface area (Å²) >= 11 is 6.06. The van der Waals surface area contributed by atoms with Gasteiger partial charge in [0.1, 0.15) is 0 Å². The highest BCUT2D eigenvalue weighted by Gasteiger charge is 2.04. The van der Waals surface area contributed by atoms with Gasteiger partial charge in [0.25, 0.3) is 0 Å². The van der Waals surface area contributed by atoms with Crippen LogP contribution in [0.1, 0.15) is 0 Å². The topological polar surface area (TPSA) is 42.2 Å². The molecule has 0 unspecified atom stereocenters. The van der Waals surface area contributed by atoms with Crippen LogP contribution in [0.5, 0.6) is 0 Å². The predicted molar refractivity (Wildman–Crippen MR) is 63.7 cm³/mol. The number of halogens is 1. The summed E-state index contributed by atoms with van der Waals surface area (Å²) in [6, 6.07) is 7.74. The number of carbonyl (C=O) groups is 1. The SMILES string of the molecule is O=C(O)C=CCn1cc(Cl)c2ccccc21. The summed E-state index contributed by atoms with van der Waals surface area (Å²) in [5.74, 6) is -0.942. The van der Waals surface area contributed by atoms with Gasteiger partial charge in [0.05, 0.1) is 5.02 Å². The molecular formula is C12H10ClNO2. The van der Waals surface area contributed by atoms with Gasteiger partial charge in [0.15, 0.2) is 0 Å². The molecule has 1 aromatic carbocycles. The van der Waals surface area contributed by atoms with Crippen LogP contribution in [0.25, 0.3) is 10.9 Å². The quantitative estimate of drug-likeness (QED) is 0.832. The van der Waals surface area contributed by atoms with Gasteiger partial charge < -0.3 is 9.67 Å². The summed E-state index contributed by atoms with van der Waals surface area (Å²) in [5.41, 5.74) is 1.00. The lowest BCUT2D eigenvalue weighted by Crippen LogP contribution is -1.94. The average molecular weight is 236 g/mol. The van der Waals surface area contributed by atoms with Crippen LogP contribution >= 0.6 is 11.6 Å². The van der Waals surface area contributed by atoms with E-state index in [1.165, 1.54) is 0 Å². The first-order chi connectivity index (χ1) is 7.68. The van der Waals surface area contributed by atoms with E-state index in [9.17, 15) is 4.79 Å². The van der Waals surface area contributed by atoms with E-state index in [1.807, 2.05) is 28.8 Å². The van der Waals surface area contributed by atoms with Gasteiger partial charge in [-0.05, 0) is 6.07 Å². The van der Waals surface area contributed by atoms with Crippen LogP contribution in [-0.2, 0) is 11.3 Å². The van der Waals surface area contributed by atoms with E-state index in [2.05, 4.69) is 0 Å². The fraction of sp³-hybridized carbons (Fsp3) is 0.0833. The average Bonchev–Trinajstić information content (AvgIpc) is 2.57. The number of nitrogens with zero attached hydrogens (tertiary/aromatic N) is 1. The van der Waals surface area contributed by atoms with Crippen molar-refractivity contribution in [3.8, 4) is 0 Å². The molecule has 16 heavy (non-hydrogen) atoms. The fourth-order valence-corrected chi connectivity index (χ4v) is 1.90. The van der Waals surface area contributed by atoms with Gasteiger partial charge in [-0.2, -0.15) is 0 Å². The van der Waals surface area contributed by atoms with Crippen LogP contribution in [0, 0.1) is 0 Å². The van der Waals surface area contributed by atoms with E-state index in [4.69, 9.17) is 16.7 Å². The molecular weight excluding hydrogens is 226 g/mol. The van der Waals surface area contributed by atoms with E-state index in [-0.39, 0.29) is 0 Å². The lowest BCUT2D eigenvalue weighted by atomic mass is 10.2. The van der Waals surface area contributed by atoms with Crippen molar-refractivity contribution in [2.24, 2.45) is 0 Å². The summed E-state index contributed by atoms with van der Waals surface area (Å²) in [5, 5.41) is 10.1. The maximum atomic E-state index is 10.3. The molecule has 0 fully saturated rings. The number of allylic oxidation sites excluding steroid dienone is 1. The van der Waals surface area contributed by atoms with Crippen LogP contribution in [0.4, 0.5) is 0 Å². The van der Waals surface area contributed by atoms with Crippen molar-refractivity contribution in [2.75, 3.05) is 0 Å². The van der Waals surface area contributed by atoms with Gasteiger partial charge >= 0.3 is 5.97 Å². The number of para-hydroxylation sites is 1. The molecule has 1 aromatic heterocycles. The van der Waals surface area contributed by atoms with Crippen molar-refractivity contribution in [3.05, 3.63) is 47.6 Å². The van der Waals surface area contributed by atoms with Crippen molar-refractivity contribution in [3.63, 3.8) is 0 Å². The monoisotopic (exact) mass is 235 g/mol. The number of carboxylic acid groups (broad SMARTS) is 1. The van der Waals surface area contributed by atoms with E-state index >= 15 is 0 Å². The Balaban J connectivity index is 2.34. The van der Waals surface area contributed by atoms with Crippen molar-refractivity contribution in [1.29, 1.82) is 0 Å². The largest absolute Gasteiger partial charge is 0.478 e. The molecule has 1 N–H and O–H groups in total. The Hall–Kier alpha value is -1.74. The Morgan fingerprint density at radius 3 is 2.94 bits per heavy atom. The zero-order chi connectivity index (χ0) is 11.5. The van der Waals surface area contributed by atoms with E-state index in [1.54, 1.807) is 12.3 Å². The molecule has 0 bridgehead atoms. The van der Waals surface area contributed by atoms with Crippen LogP contribution in [0.15, 0.2) is 42.6 Å². The van der Waals surface area contributed by atoms with Crippen molar-refractivity contribution in [2.45, 2.75) is 6.54 Å². The minimum absolute atomic E-state index is 0.500. The smallest absolute Gasteiger partial charge is 0.328 e. The highest BCUT2D eigenvalue weighted by atomic mass is 35.5. The number of benzene rings is 1. The molecule has 0 saturated heterocycles. The number of fused-ring (bicyclic) bond motifs is 1. The molecule has 82 valence electrons. The number of aliphatic carboxylic acids is 1. The van der Waals surface area contributed by atoms with Gasteiger partial charge in [-0.1, -0.05) is 35.9 Å². The number of hydrogen-bond donors (Lipinski definition) is 1. The van der Waals surface area contributed by atoms with Crippen molar-refractivity contribution < 1.29 is 9.90 Å². The minimum atomic E-state index is -0.942. The molecule has 1 heterocycles. The third kappa shape index (κ3) is 2.09. The highest BCUT2D eigenvalue weighted by molar-refractivity contribution is 6.35. The molecule has 3 nitrogen and oxygen atoms in total. The predicted octanol–water partition coefficient (Wildman–Crippen LogP) is 2.94. The van der Waals surface area contributed by atoms with Gasteiger partial charge in [-0.15, -0.1) is 0 Å². The third-order valence-corrected chi connectivity index (χ3v) is 2.60. The van der Waals surface area contributed by atoms with Crippen LogP contribution in [0.2, 0.25) is 5.02 Å². The second kappa shape index (κ2) is 4.41. The molecule has 0 saturated carbocycles. The molecule has 2 rings (SSSR count). The van der Waals surface area contributed by atoms with Crippen LogP contribution < -0.4 is 0 Å². The third-order valence-electron chi connectivity index (χ3n) is 2.30. The van der Waals surface area contributed by atoms with E-state index in [0.29, 0.717) is 11.6 Å². The highest BCUT2D eigenvalue weighted by Crippen LogP contribution is 2.25. The minimum Gasteiger partial charge on any atom is -0.478 e. The summed E-state index contributed by atoms with van der Waals surface area (Å²) in [4.78, 5) is 10.3. The summed E-state index contributed by atoms with van der Waals surface area (Å²) in [6.07, 6.45) is 4.52. The molecule has 0 radical (unpaired) electrons. The zero-order valence-corrected chi connectivity index (χ0v) is 9.19. The Bertz CT molecular complexity index is 557. The van der Waals surface area contributed by atoms with Gasteiger partial charge in [-0.25, -0.2) is 4.79 Å². The summed E-state index contributed by atoms with van der Waals surface area (Å²) < 4.78 is 1.91. The normalized spacial score (nSPS) is 11.3. The first-order valence-corrected chi connectivity index (χ1v) is 5.19. The Kier molecular flexibility index (Phi) is 2.97. The number of carboxylic acids is 1. The molecule has 2 aromatic rings. The second-order valence-electron chi connectivity index (χ2n) is 3.39. The number of aromatic nitrogens is 1. The molecule has 0 atom stereocenters. The van der Waals surface area contributed by atoms with E-state index < -0.39 is 5.97 Å². The molecule has 4 heteroatoms. The Morgan fingerprint density at radius 1 is 1.44 bits per heavy atom. The fourth-order valence-electron chi connectivity index (χ4n) is 1.62. The number of hydrogen-bond acceptors (Lipinski definition) is 1. The Morgan fingerprint density at radius 2 is 2.19 bits per heavy atom. The maximum Gasteiger partial charge on any atom is 0.328 e.